The third kappa shape index (κ3) is 3.65. The Bertz CT molecular complexity index is 1010. The highest BCUT2D eigenvalue weighted by Crippen LogP contribution is 2.32. The number of aliphatic hydroxyl groups is 1. The minimum Gasteiger partial charge on any atom is -0.382 e. The van der Waals surface area contributed by atoms with E-state index in [4.69, 9.17) is 10.3 Å². The molecule has 1 aliphatic rings. The monoisotopic (exact) mass is 372 g/mol. The maximum Gasteiger partial charge on any atom is 0.330 e. The van der Waals surface area contributed by atoms with Gasteiger partial charge in [-0.25, -0.2) is 4.79 Å². The van der Waals surface area contributed by atoms with Crippen molar-refractivity contribution in [1.29, 1.82) is 0 Å². The number of carbonyl (C=O) groups excluding carboxylic acids is 1. The molecule has 0 aliphatic carbocycles. The Hall–Kier alpha value is -3.27. The Labute approximate surface area is 151 Å². The molecule has 2 aromatic rings. The van der Waals surface area contributed by atoms with Gasteiger partial charge in [-0.15, -0.1) is 0 Å². The summed E-state index contributed by atoms with van der Waals surface area (Å²) >= 11 is 0. The number of aromatic amines is 1. The first-order chi connectivity index (χ1) is 12.9. The van der Waals surface area contributed by atoms with Gasteiger partial charge >= 0.3 is 5.69 Å². The van der Waals surface area contributed by atoms with Gasteiger partial charge in [0, 0.05) is 41.0 Å². The van der Waals surface area contributed by atoms with Crippen LogP contribution in [0, 0.1) is 6.92 Å². The van der Waals surface area contributed by atoms with Crippen molar-refractivity contribution in [2.24, 2.45) is 5.11 Å². The zero-order valence-corrected chi connectivity index (χ0v) is 14.2. The first-order valence-electron chi connectivity index (χ1n) is 8.06. The summed E-state index contributed by atoms with van der Waals surface area (Å²) in [7, 11) is 0. The molecule has 2 aromatic heterocycles. The van der Waals surface area contributed by atoms with E-state index in [0.29, 0.717) is 0 Å². The average Bonchev–Trinajstić information content (AvgIpc) is 3.08. The second kappa shape index (κ2) is 7.54. The van der Waals surface area contributed by atoms with Crippen LogP contribution in [-0.4, -0.2) is 43.7 Å². The van der Waals surface area contributed by atoms with Gasteiger partial charge < -0.3 is 9.84 Å². The van der Waals surface area contributed by atoms with Gasteiger partial charge in [-0.05, 0) is 24.6 Å². The van der Waals surface area contributed by atoms with Crippen LogP contribution in [0.2, 0.25) is 0 Å². The third-order valence-corrected chi connectivity index (χ3v) is 4.32. The Kier molecular flexibility index (Phi) is 5.17. The lowest BCUT2D eigenvalue weighted by molar-refractivity contribution is -0.0529. The molecule has 0 radical (unpaired) electrons. The number of aliphatic hydroxyl groups excluding tert-OH is 1. The lowest BCUT2D eigenvalue weighted by atomic mass is 9.99. The Balaban J connectivity index is 1.90. The van der Waals surface area contributed by atoms with Crippen molar-refractivity contribution in [3.8, 4) is 0 Å². The van der Waals surface area contributed by atoms with Crippen molar-refractivity contribution in [2.45, 2.75) is 37.8 Å². The molecule has 27 heavy (non-hydrogen) atoms. The van der Waals surface area contributed by atoms with Gasteiger partial charge in [0.15, 0.2) is 5.78 Å². The molecular formula is C16H16N6O5. The van der Waals surface area contributed by atoms with Gasteiger partial charge in [0.2, 0.25) is 0 Å². The maximum atomic E-state index is 12.5. The fourth-order valence-corrected chi connectivity index (χ4v) is 2.94. The highest BCUT2D eigenvalue weighted by atomic mass is 16.5. The molecular weight excluding hydrogens is 356 g/mol. The third-order valence-electron chi connectivity index (χ3n) is 4.32. The van der Waals surface area contributed by atoms with Crippen LogP contribution in [0.3, 0.4) is 0 Å². The zero-order chi connectivity index (χ0) is 19.6. The summed E-state index contributed by atoms with van der Waals surface area (Å²) in [5.41, 5.74) is 8.02. The van der Waals surface area contributed by atoms with Gasteiger partial charge in [-0.2, -0.15) is 0 Å². The molecule has 0 bridgehead atoms. The molecule has 1 fully saturated rings. The van der Waals surface area contributed by atoms with Gasteiger partial charge in [-0.3, -0.25) is 24.1 Å². The molecule has 3 heterocycles. The van der Waals surface area contributed by atoms with Gasteiger partial charge in [0.25, 0.3) is 5.56 Å². The minimum atomic E-state index is -1.62. The molecule has 140 valence electrons. The lowest BCUT2D eigenvalue weighted by Gasteiger charge is -2.21. The summed E-state index contributed by atoms with van der Waals surface area (Å²) in [5.74, 6) is -0.642. The fraction of sp³-hybridized carbons (Fsp3) is 0.375. The lowest BCUT2D eigenvalue weighted by Crippen LogP contribution is -2.40. The molecule has 11 nitrogen and oxygen atoms in total. The van der Waals surface area contributed by atoms with Crippen molar-refractivity contribution < 1.29 is 14.6 Å². The summed E-state index contributed by atoms with van der Waals surface area (Å²) < 4.78 is 6.81. The number of aromatic nitrogens is 3. The number of carbonyl (C=O) groups is 1. The van der Waals surface area contributed by atoms with Crippen LogP contribution >= 0.6 is 0 Å². The van der Waals surface area contributed by atoms with Crippen LogP contribution in [0.5, 0.6) is 0 Å². The molecule has 2 N–H and O–H groups in total. The number of nitrogens with one attached hydrogen (secondary N) is 1. The Morgan fingerprint density at radius 1 is 1.56 bits per heavy atom. The molecule has 0 amide bonds. The summed E-state index contributed by atoms with van der Waals surface area (Å²) in [4.78, 5) is 44.8. The van der Waals surface area contributed by atoms with E-state index in [9.17, 15) is 19.5 Å². The van der Waals surface area contributed by atoms with E-state index in [0.717, 1.165) is 4.57 Å². The number of azide groups is 1. The number of hydrogen-bond donors (Lipinski definition) is 2. The number of nitrogens with zero attached hydrogens (tertiary/aromatic N) is 5. The fourth-order valence-electron chi connectivity index (χ4n) is 2.94. The summed E-state index contributed by atoms with van der Waals surface area (Å²) in [6.45, 7) is 1.52. The van der Waals surface area contributed by atoms with E-state index in [1.165, 1.54) is 31.6 Å². The number of pyridine rings is 1. The molecule has 1 aliphatic heterocycles. The smallest absolute Gasteiger partial charge is 0.330 e. The van der Waals surface area contributed by atoms with Gasteiger partial charge in [-0.1, -0.05) is 5.11 Å². The normalized spacial score (nSPS) is 22.8. The minimum absolute atomic E-state index is 0.0531. The number of rotatable bonds is 5. The van der Waals surface area contributed by atoms with E-state index in [1.54, 1.807) is 6.07 Å². The SMILES string of the molecule is Cc1cn([C@H]2C[C@H](N=[N+]=[N-])[C@@H](C(O)C(=O)c3cccnc3)O2)c(=O)[nH]c1=O. The molecule has 0 spiro atoms. The van der Waals surface area contributed by atoms with E-state index >= 15 is 0 Å². The van der Waals surface area contributed by atoms with Crippen LogP contribution in [0.25, 0.3) is 10.4 Å². The second-order valence-corrected chi connectivity index (χ2v) is 6.09. The zero-order valence-electron chi connectivity index (χ0n) is 14.2. The number of H-pyrrole nitrogens is 1. The van der Waals surface area contributed by atoms with E-state index in [1.807, 2.05) is 0 Å². The van der Waals surface area contributed by atoms with Crippen LogP contribution in [0.15, 0.2) is 45.4 Å². The van der Waals surface area contributed by atoms with Crippen molar-refractivity contribution in [1.82, 2.24) is 14.5 Å². The summed E-state index contributed by atoms with van der Waals surface area (Å²) in [6.07, 6.45) is 0.473. The van der Waals surface area contributed by atoms with Crippen molar-refractivity contribution in [3.63, 3.8) is 0 Å². The molecule has 0 aromatic carbocycles. The van der Waals surface area contributed by atoms with Crippen LogP contribution < -0.4 is 11.2 Å². The molecule has 3 rings (SSSR count). The van der Waals surface area contributed by atoms with Crippen LogP contribution in [0.1, 0.15) is 28.6 Å². The standard InChI is InChI=1S/C16H16N6O5/c1-8-7-22(16(26)19-15(8)25)11-5-10(20-21-17)14(27-11)13(24)12(23)9-3-2-4-18-6-9/h2-4,6-7,10-11,13-14,24H,5H2,1H3,(H,19,25,26)/t10-,11+,13?,14-/m0/s1. The first-order valence-corrected chi connectivity index (χ1v) is 8.06. The van der Waals surface area contributed by atoms with Gasteiger partial charge in [0.05, 0.1) is 6.04 Å². The molecule has 0 saturated carbocycles. The number of ketones is 1. The number of hydrogen-bond acceptors (Lipinski definition) is 7. The predicted octanol–water partition coefficient (Wildman–Crippen LogP) is 0.450. The van der Waals surface area contributed by atoms with Crippen molar-refractivity contribution >= 4 is 5.78 Å². The molecule has 1 unspecified atom stereocenters. The molecule has 11 heteroatoms. The highest BCUT2D eigenvalue weighted by Gasteiger charge is 2.43. The summed E-state index contributed by atoms with van der Waals surface area (Å²) in [6, 6.07) is 2.16. The average molecular weight is 372 g/mol. The Morgan fingerprint density at radius 2 is 2.33 bits per heavy atom. The number of aryl methyl sites for hydroxylation is 1. The van der Waals surface area contributed by atoms with E-state index in [-0.39, 0.29) is 17.5 Å². The van der Waals surface area contributed by atoms with Crippen LogP contribution in [0.4, 0.5) is 0 Å². The number of ether oxygens (including phenoxy) is 1. The van der Waals surface area contributed by atoms with E-state index < -0.39 is 41.5 Å². The van der Waals surface area contributed by atoms with E-state index in [2.05, 4.69) is 20.0 Å². The van der Waals surface area contributed by atoms with Gasteiger partial charge in [0.1, 0.15) is 18.4 Å². The molecule has 4 atom stereocenters. The maximum absolute atomic E-state index is 12.5. The van der Waals surface area contributed by atoms with Crippen molar-refractivity contribution in [2.75, 3.05) is 0 Å². The quantitative estimate of drug-likeness (QED) is 0.335. The number of Topliss-reactive ketones (excluding diaryl/α,β-unsaturated/α-hetero) is 1. The topological polar surface area (TPSA) is 163 Å². The largest absolute Gasteiger partial charge is 0.382 e. The molecule has 1 saturated heterocycles. The van der Waals surface area contributed by atoms with Crippen molar-refractivity contribution in [3.05, 3.63) is 73.1 Å². The van der Waals surface area contributed by atoms with Crippen LogP contribution in [-0.2, 0) is 4.74 Å². The Morgan fingerprint density at radius 3 is 3.00 bits per heavy atom. The predicted molar refractivity (Wildman–Crippen MR) is 92.1 cm³/mol. The summed E-state index contributed by atoms with van der Waals surface area (Å²) in [5, 5.41) is 14.1. The first kappa shape index (κ1) is 18.5. The highest BCUT2D eigenvalue weighted by molar-refractivity contribution is 5.99. The second-order valence-electron chi connectivity index (χ2n) is 6.09.